The summed E-state index contributed by atoms with van der Waals surface area (Å²) < 4.78 is 35.0. The summed E-state index contributed by atoms with van der Waals surface area (Å²) in [5.41, 5.74) is 5.24. The normalized spacial score (nSPS) is 13.7. The lowest BCUT2D eigenvalue weighted by atomic mass is 9.90. The molecule has 38 heavy (non-hydrogen) atoms. The van der Waals surface area contributed by atoms with Crippen LogP contribution < -0.4 is 0 Å². The van der Waals surface area contributed by atoms with Crippen LogP contribution in [0.2, 0.25) is 0 Å². The molecule has 0 spiro atoms. The minimum absolute atomic E-state index is 0.215. The Morgan fingerprint density at radius 1 is 0.789 bits per heavy atom. The first kappa shape index (κ1) is 23.9. The number of hydrogen-bond donors (Lipinski definition) is 0. The molecular formula is C29H23F2N5O2. The number of aryl methyl sites for hydroxylation is 1. The molecule has 6 rings (SSSR count). The quantitative estimate of drug-likeness (QED) is 0.335. The number of pyridine rings is 2. The number of hydrogen-bond acceptors (Lipinski definition) is 5. The molecule has 3 aromatic heterocycles. The molecule has 0 unspecified atom stereocenters. The highest BCUT2D eigenvalue weighted by molar-refractivity contribution is 6.06. The van der Waals surface area contributed by atoms with Crippen molar-refractivity contribution in [2.75, 3.05) is 26.3 Å². The Labute approximate surface area is 217 Å². The third-order valence-electron chi connectivity index (χ3n) is 6.73. The molecule has 2 aromatic carbocycles. The van der Waals surface area contributed by atoms with E-state index >= 15 is 0 Å². The van der Waals surface area contributed by atoms with E-state index < -0.39 is 0 Å². The standard InChI is InChI=1S/C29H23F2N5O2/c1-35-26-24(18-2-6-21(30)7-3-18)23(19-10-12-32-13-11-19)25(20-4-8-22(31)9-5-20)33-27(26)34-28(35)29(37)36-14-16-38-17-15-36/h2-13H,14-17H2,1H3. The zero-order valence-electron chi connectivity index (χ0n) is 20.6. The largest absolute Gasteiger partial charge is 0.378 e. The van der Waals surface area contributed by atoms with Crippen LogP contribution in [0.3, 0.4) is 0 Å². The van der Waals surface area contributed by atoms with Gasteiger partial charge in [-0.05, 0) is 59.7 Å². The van der Waals surface area contributed by atoms with E-state index in [4.69, 9.17) is 9.72 Å². The third-order valence-corrected chi connectivity index (χ3v) is 6.73. The van der Waals surface area contributed by atoms with Crippen LogP contribution in [-0.2, 0) is 11.8 Å². The van der Waals surface area contributed by atoms with Crippen LogP contribution in [0.15, 0.2) is 73.1 Å². The van der Waals surface area contributed by atoms with Crippen molar-refractivity contribution in [2.24, 2.45) is 7.05 Å². The molecule has 1 amide bonds. The molecular weight excluding hydrogens is 488 g/mol. The molecule has 1 fully saturated rings. The van der Waals surface area contributed by atoms with Crippen LogP contribution in [0.4, 0.5) is 8.78 Å². The second-order valence-electron chi connectivity index (χ2n) is 9.03. The van der Waals surface area contributed by atoms with E-state index in [9.17, 15) is 13.6 Å². The van der Waals surface area contributed by atoms with Crippen LogP contribution in [-0.4, -0.2) is 56.6 Å². The summed E-state index contributed by atoms with van der Waals surface area (Å²) in [7, 11) is 1.78. The molecule has 0 N–H and O–H groups in total. The summed E-state index contributed by atoms with van der Waals surface area (Å²) in [5, 5.41) is 0. The van der Waals surface area contributed by atoms with E-state index in [1.54, 1.807) is 53.2 Å². The number of morpholine rings is 1. The molecule has 5 aromatic rings. The molecule has 0 saturated carbocycles. The number of amides is 1. The Morgan fingerprint density at radius 2 is 1.37 bits per heavy atom. The zero-order valence-corrected chi connectivity index (χ0v) is 20.6. The van der Waals surface area contributed by atoms with E-state index in [-0.39, 0.29) is 23.4 Å². The van der Waals surface area contributed by atoms with Gasteiger partial charge in [-0.3, -0.25) is 9.78 Å². The van der Waals surface area contributed by atoms with E-state index in [1.807, 2.05) is 12.1 Å². The molecule has 0 radical (unpaired) electrons. The van der Waals surface area contributed by atoms with Gasteiger partial charge in [0.1, 0.15) is 11.6 Å². The number of nitrogens with zero attached hydrogens (tertiary/aromatic N) is 5. The number of carbonyl (C=O) groups is 1. The minimum Gasteiger partial charge on any atom is -0.378 e. The average Bonchev–Trinajstić information content (AvgIpc) is 3.29. The van der Waals surface area contributed by atoms with Gasteiger partial charge in [0, 0.05) is 49.2 Å². The van der Waals surface area contributed by atoms with Crippen molar-refractivity contribution in [1.82, 2.24) is 24.4 Å². The lowest BCUT2D eigenvalue weighted by molar-refractivity contribution is 0.0293. The lowest BCUT2D eigenvalue weighted by Gasteiger charge is -2.26. The monoisotopic (exact) mass is 511 g/mol. The molecule has 1 aliphatic rings. The van der Waals surface area contributed by atoms with Gasteiger partial charge in [0.2, 0.25) is 5.82 Å². The van der Waals surface area contributed by atoms with Gasteiger partial charge >= 0.3 is 0 Å². The van der Waals surface area contributed by atoms with Crippen molar-refractivity contribution in [3.05, 3.63) is 90.5 Å². The molecule has 7 nitrogen and oxygen atoms in total. The minimum atomic E-state index is -0.365. The topological polar surface area (TPSA) is 73.1 Å². The number of halogens is 2. The van der Waals surface area contributed by atoms with Crippen LogP contribution in [0.5, 0.6) is 0 Å². The summed E-state index contributed by atoms with van der Waals surface area (Å²) in [6, 6.07) is 16.0. The summed E-state index contributed by atoms with van der Waals surface area (Å²) >= 11 is 0. The average molecular weight is 512 g/mol. The smallest absolute Gasteiger partial charge is 0.290 e. The Bertz CT molecular complexity index is 1630. The molecule has 0 atom stereocenters. The second kappa shape index (κ2) is 9.75. The number of fused-ring (bicyclic) bond motifs is 1. The number of aromatic nitrogens is 4. The van der Waals surface area contributed by atoms with E-state index in [2.05, 4.69) is 9.97 Å². The van der Waals surface area contributed by atoms with Crippen LogP contribution >= 0.6 is 0 Å². The number of benzene rings is 2. The summed E-state index contributed by atoms with van der Waals surface area (Å²) in [6.07, 6.45) is 3.36. The van der Waals surface area contributed by atoms with Gasteiger partial charge in [0.05, 0.1) is 24.4 Å². The number of carbonyl (C=O) groups excluding carboxylic acids is 1. The van der Waals surface area contributed by atoms with Gasteiger partial charge in [-0.2, -0.15) is 0 Å². The summed E-state index contributed by atoms with van der Waals surface area (Å²) in [6.45, 7) is 1.89. The van der Waals surface area contributed by atoms with E-state index in [1.165, 1.54) is 24.3 Å². The Morgan fingerprint density at radius 3 is 2.00 bits per heavy atom. The molecule has 9 heteroatoms. The lowest BCUT2D eigenvalue weighted by Crippen LogP contribution is -2.41. The maximum Gasteiger partial charge on any atom is 0.290 e. The van der Waals surface area contributed by atoms with Crippen LogP contribution in [0, 0.1) is 11.6 Å². The van der Waals surface area contributed by atoms with Crippen molar-refractivity contribution in [1.29, 1.82) is 0 Å². The summed E-state index contributed by atoms with van der Waals surface area (Å²) in [5.74, 6) is -0.700. The second-order valence-corrected chi connectivity index (χ2v) is 9.03. The van der Waals surface area contributed by atoms with Gasteiger partial charge in [-0.25, -0.2) is 18.7 Å². The van der Waals surface area contributed by atoms with Gasteiger partial charge in [0.25, 0.3) is 5.91 Å². The van der Waals surface area contributed by atoms with Crippen molar-refractivity contribution >= 4 is 17.1 Å². The Kier molecular flexibility index (Phi) is 6.13. The van der Waals surface area contributed by atoms with Crippen molar-refractivity contribution in [2.45, 2.75) is 0 Å². The van der Waals surface area contributed by atoms with Crippen LogP contribution in [0.1, 0.15) is 10.6 Å². The van der Waals surface area contributed by atoms with Gasteiger partial charge in [-0.15, -0.1) is 0 Å². The Balaban J connectivity index is 1.70. The maximum atomic E-state index is 14.0. The van der Waals surface area contributed by atoms with Crippen molar-refractivity contribution in [3.8, 4) is 33.5 Å². The number of imidazole rings is 1. The number of rotatable bonds is 4. The third kappa shape index (κ3) is 4.20. The number of ether oxygens (including phenoxy) is 1. The highest BCUT2D eigenvalue weighted by Crippen LogP contribution is 2.43. The maximum absolute atomic E-state index is 14.0. The van der Waals surface area contributed by atoms with E-state index in [0.717, 1.165) is 22.3 Å². The highest BCUT2D eigenvalue weighted by Gasteiger charge is 2.28. The van der Waals surface area contributed by atoms with Gasteiger partial charge < -0.3 is 14.2 Å². The first-order valence-corrected chi connectivity index (χ1v) is 12.2. The van der Waals surface area contributed by atoms with E-state index in [0.29, 0.717) is 48.7 Å². The SMILES string of the molecule is Cn1c(C(=O)N2CCOCC2)nc2nc(-c3ccc(F)cc3)c(-c3ccncc3)c(-c3ccc(F)cc3)c21. The molecule has 0 bridgehead atoms. The molecule has 1 aliphatic heterocycles. The van der Waals surface area contributed by atoms with Gasteiger partial charge in [-0.1, -0.05) is 12.1 Å². The fourth-order valence-electron chi connectivity index (χ4n) is 4.85. The molecule has 1 saturated heterocycles. The predicted octanol–water partition coefficient (Wildman–Crippen LogP) is 5.11. The molecule has 190 valence electrons. The van der Waals surface area contributed by atoms with Crippen molar-refractivity contribution < 1.29 is 18.3 Å². The van der Waals surface area contributed by atoms with Crippen molar-refractivity contribution in [3.63, 3.8) is 0 Å². The Hall–Kier alpha value is -4.50. The van der Waals surface area contributed by atoms with Gasteiger partial charge in [0.15, 0.2) is 5.65 Å². The first-order valence-electron chi connectivity index (χ1n) is 12.2. The summed E-state index contributed by atoms with van der Waals surface area (Å²) in [4.78, 5) is 29.0. The zero-order chi connectivity index (χ0) is 26.2. The fourth-order valence-corrected chi connectivity index (χ4v) is 4.85. The highest BCUT2D eigenvalue weighted by atomic mass is 19.1. The molecule has 4 heterocycles. The fraction of sp³-hybridized carbons (Fsp3) is 0.172. The van der Waals surface area contributed by atoms with Crippen LogP contribution in [0.25, 0.3) is 44.7 Å². The first-order chi connectivity index (χ1) is 18.5. The molecule has 0 aliphatic carbocycles. The predicted molar refractivity (Wildman–Crippen MR) is 139 cm³/mol.